The van der Waals surface area contributed by atoms with Crippen LogP contribution in [0.3, 0.4) is 0 Å². The Morgan fingerprint density at radius 2 is 2.31 bits per heavy atom. The van der Waals surface area contributed by atoms with Crippen molar-refractivity contribution >= 4 is 0 Å². The van der Waals surface area contributed by atoms with Crippen molar-refractivity contribution < 1.29 is 4.42 Å². The van der Waals surface area contributed by atoms with Crippen molar-refractivity contribution in [1.82, 2.24) is 9.88 Å². The molecule has 2 atom stereocenters. The molecule has 0 saturated carbocycles. The fourth-order valence-corrected chi connectivity index (χ4v) is 2.29. The summed E-state index contributed by atoms with van der Waals surface area (Å²) in [6, 6.07) is -0.0673. The lowest BCUT2D eigenvalue weighted by molar-refractivity contribution is 0.164. The molecular weight excluding hydrogens is 202 g/mol. The summed E-state index contributed by atoms with van der Waals surface area (Å²) in [4.78, 5) is 6.61. The molecule has 0 radical (unpaired) electrons. The van der Waals surface area contributed by atoms with Crippen LogP contribution in [0, 0.1) is 5.92 Å². The molecule has 0 spiro atoms. The largest absolute Gasteiger partial charge is 0.447 e. The molecule has 4 nitrogen and oxygen atoms in total. The zero-order valence-corrected chi connectivity index (χ0v) is 10.3. The maximum Gasteiger partial charge on any atom is 0.211 e. The van der Waals surface area contributed by atoms with Crippen LogP contribution in [0.15, 0.2) is 16.9 Å². The smallest absolute Gasteiger partial charge is 0.211 e. The third kappa shape index (κ3) is 2.28. The van der Waals surface area contributed by atoms with Crippen LogP contribution in [0.1, 0.15) is 39.1 Å². The number of rotatable bonds is 2. The lowest BCUT2D eigenvalue weighted by Gasteiger charge is -2.32. The first-order valence-corrected chi connectivity index (χ1v) is 5.88. The van der Waals surface area contributed by atoms with Crippen LogP contribution in [-0.4, -0.2) is 28.5 Å². The summed E-state index contributed by atoms with van der Waals surface area (Å²) >= 11 is 0. The Hall–Kier alpha value is -0.870. The Labute approximate surface area is 96.8 Å². The SMILES string of the molecule is CC(C)(C)N1CC[C@@H](C(N)c2ncco2)C1. The minimum Gasteiger partial charge on any atom is -0.447 e. The van der Waals surface area contributed by atoms with Gasteiger partial charge in [-0.2, -0.15) is 0 Å². The summed E-state index contributed by atoms with van der Waals surface area (Å²) in [5.41, 5.74) is 6.39. The highest BCUT2D eigenvalue weighted by Crippen LogP contribution is 2.31. The molecule has 0 aromatic carbocycles. The molecule has 2 heterocycles. The number of likely N-dealkylation sites (tertiary alicyclic amines) is 1. The van der Waals surface area contributed by atoms with Crippen molar-refractivity contribution in [2.24, 2.45) is 11.7 Å². The molecule has 90 valence electrons. The molecule has 2 N–H and O–H groups in total. The predicted octanol–water partition coefficient (Wildman–Crippen LogP) is 1.79. The Morgan fingerprint density at radius 1 is 1.56 bits per heavy atom. The highest BCUT2D eigenvalue weighted by molar-refractivity contribution is 4.97. The summed E-state index contributed by atoms with van der Waals surface area (Å²) in [7, 11) is 0. The Bertz CT molecular complexity index is 329. The van der Waals surface area contributed by atoms with Gasteiger partial charge in [0.2, 0.25) is 5.89 Å². The number of aromatic nitrogens is 1. The molecule has 0 bridgehead atoms. The standard InChI is InChI=1S/C12H21N3O/c1-12(2,3)15-6-4-9(8-15)10(13)11-14-5-7-16-11/h5,7,9-10H,4,6,8,13H2,1-3H3/t9-,10?/m1/s1. The highest BCUT2D eigenvalue weighted by atomic mass is 16.3. The zero-order valence-electron chi connectivity index (χ0n) is 10.3. The van der Waals surface area contributed by atoms with E-state index in [2.05, 4.69) is 30.7 Å². The molecule has 0 amide bonds. The second kappa shape index (κ2) is 4.18. The third-order valence-electron chi connectivity index (χ3n) is 3.42. The van der Waals surface area contributed by atoms with Gasteiger partial charge in [-0.1, -0.05) is 0 Å². The van der Waals surface area contributed by atoms with Gasteiger partial charge >= 0.3 is 0 Å². The van der Waals surface area contributed by atoms with Crippen LogP contribution >= 0.6 is 0 Å². The predicted molar refractivity (Wildman–Crippen MR) is 62.9 cm³/mol. The number of nitrogens with two attached hydrogens (primary N) is 1. The molecule has 1 aliphatic heterocycles. The Kier molecular flexibility index (Phi) is 3.04. The summed E-state index contributed by atoms with van der Waals surface area (Å²) in [6.07, 6.45) is 4.37. The maximum absolute atomic E-state index is 6.17. The van der Waals surface area contributed by atoms with E-state index < -0.39 is 0 Å². The molecule has 1 aliphatic rings. The molecule has 16 heavy (non-hydrogen) atoms. The normalized spacial score (nSPS) is 24.9. The van der Waals surface area contributed by atoms with Gasteiger partial charge in [-0.15, -0.1) is 0 Å². The first-order chi connectivity index (χ1) is 7.48. The van der Waals surface area contributed by atoms with Crippen molar-refractivity contribution in [2.45, 2.75) is 38.8 Å². The fraction of sp³-hybridized carbons (Fsp3) is 0.750. The Balaban J connectivity index is 1.99. The summed E-state index contributed by atoms with van der Waals surface area (Å²) in [6.45, 7) is 8.87. The van der Waals surface area contributed by atoms with Gasteiger partial charge in [-0.05, 0) is 39.7 Å². The topological polar surface area (TPSA) is 55.3 Å². The van der Waals surface area contributed by atoms with Crippen molar-refractivity contribution in [1.29, 1.82) is 0 Å². The van der Waals surface area contributed by atoms with Gasteiger partial charge in [0.25, 0.3) is 0 Å². The molecule has 4 heteroatoms. The minimum atomic E-state index is -0.0673. The number of hydrogen-bond donors (Lipinski definition) is 1. The lowest BCUT2D eigenvalue weighted by atomic mass is 9.99. The first kappa shape index (κ1) is 11.6. The monoisotopic (exact) mass is 223 g/mol. The quantitative estimate of drug-likeness (QED) is 0.830. The first-order valence-electron chi connectivity index (χ1n) is 5.88. The van der Waals surface area contributed by atoms with Crippen LogP contribution in [0.25, 0.3) is 0 Å². The molecule has 2 rings (SSSR count). The fourth-order valence-electron chi connectivity index (χ4n) is 2.29. The van der Waals surface area contributed by atoms with Crippen LogP contribution in [0.5, 0.6) is 0 Å². The summed E-state index contributed by atoms with van der Waals surface area (Å²) in [5, 5.41) is 0. The van der Waals surface area contributed by atoms with Gasteiger partial charge in [-0.25, -0.2) is 4.98 Å². The highest BCUT2D eigenvalue weighted by Gasteiger charge is 2.34. The maximum atomic E-state index is 6.17. The van der Waals surface area contributed by atoms with Crippen LogP contribution in [0.4, 0.5) is 0 Å². The molecule has 1 unspecified atom stereocenters. The van der Waals surface area contributed by atoms with E-state index in [9.17, 15) is 0 Å². The van der Waals surface area contributed by atoms with Gasteiger partial charge in [0.15, 0.2) is 0 Å². The molecule has 1 aromatic heterocycles. The number of oxazole rings is 1. The Morgan fingerprint density at radius 3 is 2.81 bits per heavy atom. The van der Waals surface area contributed by atoms with Gasteiger partial charge in [0.05, 0.1) is 12.2 Å². The second-order valence-electron chi connectivity index (χ2n) is 5.56. The molecule has 1 fully saturated rings. The van der Waals surface area contributed by atoms with Crippen molar-refractivity contribution in [3.05, 3.63) is 18.4 Å². The van der Waals surface area contributed by atoms with Crippen LogP contribution in [-0.2, 0) is 0 Å². The van der Waals surface area contributed by atoms with Crippen molar-refractivity contribution in [3.8, 4) is 0 Å². The van der Waals surface area contributed by atoms with E-state index in [1.54, 1.807) is 12.5 Å². The average Bonchev–Trinajstić information content (AvgIpc) is 2.87. The third-order valence-corrected chi connectivity index (χ3v) is 3.42. The molecule has 0 aliphatic carbocycles. The van der Waals surface area contributed by atoms with E-state index in [0.717, 1.165) is 19.5 Å². The van der Waals surface area contributed by atoms with Crippen molar-refractivity contribution in [2.75, 3.05) is 13.1 Å². The average molecular weight is 223 g/mol. The van der Waals surface area contributed by atoms with Gasteiger partial charge in [0.1, 0.15) is 6.26 Å². The molecule has 1 aromatic rings. The summed E-state index contributed by atoms with van der Waals surface area (Å²) < 4.78 is 5.27. The second-order valence-corrected chi connectivity index (χ2v) is 5.56. The van der Waals surface area contributed by atoms with E-state index in [0.29, 0.717) is 11.8 Å². The number of nitrogens with zero attached hydrogens (tertiary/aromatic N) is 2. The zero-order chi connectivity index (χ0) is 11.8. The van der Waals surface area contributed by atoms with Crippen molar-refractivity contribution in [3.63, 3.8) is 0 Å². The van der Waals surface area contributed by atoms with Gasteiger partial charge in [0, 0.05) is 12.1 Å². The van der Waals surface area contributed by atoms with E-state index in [4.69, 9.17) is 10.2 Å². The molecule has 1 saturated heterocycles. The van der Waals surface area contributed by atoms with Crippen LogP contribution in [0.2, 0.25) is 0 Å². The van der Waals surface area contributed by atoms with E-state index in [1.807, 2.05) is 0 Å². The lowest BCUT2D eigenvalue weighted by Crippen LogP contribution is -2.40. The minimum absolute atomic E-state index is 0.0673. The van der Waals surface area contributed by atoms with Gasteiger partial charge < -0.3 is 10.2 Å². The van der Waals surface area contributed by atoms with E-state index in [-0.39, 0.29) is 11.6 Å². The van der Waals surface area contributed by atoms with Crippen LogP contribution < -0.4 is 5.73 Å². The van der Waals surface area contributed by atoms with E-state index in [1.165, 1.54) is 0 Å². The number of hydrogen-bond acceptors (Lipinski definition) is 4. The van der Waals surface area contributed by atoms with E-state index >= 15 is 0 Å². The molecular formula is C12H21N3O. The summed E-state index contributed by atoms with van der Waals surface area (Å²) in [5.74, 6) is 1.12. The van der Waals surface area contributed by atoms with Gasteiger partial charge in [-0.3, -0.25) is 4.90 Å².